The third-order valence-electron chi connectivity index (χ3n) is 3.07. The molecule has 2 N–H and O–H groups in total. The average molecular weight is 215 g/mol. The molecule has 1 aliphatic rings. The van der Waals surface area contributed by atoms with E-state index in [9.17, 15) is 0 Å². The van der Waals surface area contributed by atoms with Gasteiger partial charge < -0.3 is 10.3 Å². The Hall–Kier alpha value is -1.51. The summed E-state index contributed by atoms with van der Waals surface area (Å²) in [5.41, 5.74) is 4.93. The molecule has 3 heteroatoms. The van der Waals surface area contributed by atoms with E-state index in [1.54, 1.807) is 0 Å². The maximum atomic E-state index is 4.63. The van der Waals surface area contributed by atoms with Crippen molar-refractivity contribution in [3.63, 3.8) is 0 Å². The Bertz CT molecular complexity index is 484. The monoisotopic (exact) mass is 215 g/mol. The summed E-state index contributed by atoms with van der Waals surface area (Å²) in [5, 5.41) is 3.39. The fourth-order valence-electron chi connectivity index (χ4n) is 2.34. The number of anilines is 1. The van der Waals surface area contributed by atoms with E-state index in [2.05, 4.69) is 41.3 Å². The summed E-state index contributed by atoms with van der Waals surface area (Å²) in [4.78, 5) is 8.05. The minimum Gasteiger partial charge on any atom is -0.384 e. The third-order valence-corrected chi connectivity index (χ3v) is 3.07. The molecular weight excluding hydrogens is 198 g/mol. The van der Waals surface area contributed by atoms with Crippen molar-refractivity contribution in [1.82, 2.24) is 9.97 Å². The number of nitrogens with zero attached hydrogens (tertiary/aromatic N) is 1. The van der Waals surface area contributed by atoms with Crippen LogP contribution in [-0.4, -0.2) is 16.5 Å². The Morgan fingerprint density at radius 2 is 2.25 bits per heavy atom. The summed E-state index contributed by atoms with van der Waals surface area (Å²) in [6.45, 7) is 5.49. The minimum absolute atomic E-state index is 0.644. The highest BCUT2D eigenvalue weighted by Crippen LogP contribution is 2.27. The topological polar surface area (TPSA) is 40.7 Å². The van der Waals surface area contributed by atoms with Crippen LogP contribution in [0.4, 0.5) is 5.69 Å². The number of H-pyrrole nitrogens is 1. The van der Waals surface area contributed by atoms with Crippen LogP contribution in [0.1, 0.15) is 25.2 Å². The fourth-order valence-corrected chi connectivity index (χ4v) is 2.34. The van der Waals surface area contributed by atoms with Gasteiger partial charge in [-0.1, -0.05) is 13.8 Å². The zero-order valence-electron chi connectivity index (χ0n) is 9.80. The second kappa shape index (κ2) is 3.51. The van der Waals surface area contributed by atoms with Gasteiger partial charge in [-0.25, -0.2) is 4.98 Å². The quantitative estimate of drug-likeness (QED) is 0.808. The molecule has 0 spiro atoms. The molecule has 0 saturated heterocycles. The van der Waals surface area contributed by atoms with Crippen LogP contribution >= 0.6 is 0 Å². The van der Waals surface area contributed by atoms with Gasteiger partial charge >= 0.3 is 0 Å². The van der Waals surface area contributed by atoms with Crippen LogP contribution in [0.5, 0.6) is 0 Å². The van der Waals surface area contributed by atoms with E-state index in [4.69, 9.17) is 0 Å². The number of aromatic amines is 1. The smallest absolute Gasteiger partial charge is 0.107 e. The Morgan fingerprint density at radius 1 is 1.38 bits per heavy atom. The first kappa shape index (κ1) is 9.70. The Morgan fingerprint density at radius 3 is 3.06 bits per heavy atom. The van der Waals surface area contributed by atoms with Gasteiger partial charge in [-0.05, 0) is 30.0 Å². The van der Waals surface area contributed by atoms with Gasteiger partial charge in [0.25, 0.3) is 0 Å². The lowest BCUT2D eigenvalue weighted by molar-refractivity contribution is 0.627. The summed E-state index contributed by atoms with van der Waals surface area (Å²) < 4.78 is 0. The molecule has 1 aromatic carbocycles. The molecule has 0 radical (unpaired) electrons. The number of rotatable bonds is 2. The first-order chi connectivity index (χ1) is 7.72. The highest BCUT2D eigenvalue weighted by Gasteiger charge is 2.13. The molecule has 2 aromatic rings. The SMILES string of the molecule is CC(C)Cc1nc2cc3c(cc2[nH]1)CCN3. The number of imidazole rings is 1. The van der Waals surface area contributed by atoms with Crippen molar-refractivity contribution >= 4 is 16.7 Å². The van der Waals surface area contributed by atoms with E-state index in [0.29, 0.717) is 5.92 Å². The van der Waals surface area contributed by atoms with Crippen molar-refractivity contribution in [1.29, 1.82) is 0 Å². The summed E-state index contributed by atoms with van der Waals surface area (Å²) in [6.07, 6.45) is 2.15. The molecule has 3 nitrogen and oxygen atoms in total. The van der Waals surface area contributed by atoms with E-state index >= 15 is 0 Å². The minimum atomic E-state index is 0.644. The van der Waals surface area contributed by atoms with Crippen LogP contribution < -0.4 is 5.32 Å². The van der Waals surface area contributed by atoms with Gasteiger partial charge in [0.1, 0.15) is 5.82 Å². The molecule has 0 atom stereocenters. The molecule has 0 amide bonds. The van der Waals surface area contributed by atoms with Gasteiger partial charge in [0.2, 0.25) is 0 Å². The molecule has 0 unspecified atom stereocenters. The molecule has 0 aliphatic carbocycles. The number of benzene rings is 1. The first-order valence-corrected chi connectivity index (χ1v) is 5.98. The maximum absolute atomic E-state index is 4.63. The van der Waals surface area contributed by atoms with Gasteiger partial charge in [-0.2, -0.15) is 0 Å². The van der Waals surface area contributed by atoms with Gasteiger partial charge in [0.15, 0.2) is 0 Å². The van der Waals surface area contributed by atoms with Gasteiger partial charge in [0, 0.05) is 18.7 Å². The number of aromatic nitrogens is 2. The maximum Gasteiger partial charge on any atom is 0.107 e. The predicted octanol–water partition coefficient (Wildman–Crippen LogP) is 2.73. The van der Waals surface area contributed by atoms with E-state index in [1.165, 1.54) is 16.8 Å². The summed E-state index contributed by atoms with van der Waals surface area (Å²) in [7, 11) is 0. The highest BCUT2D eigenvalue weighted by molar-refractivity contribution is 5.82. The molecule has 0 bridgehead atoms. The molecule has 3 rings (SSSR count). The van der Waals surface area contributed by atoms with Crippen LogP contribution in [0.3, 0.4) is 0 Å². The Kier molecular flexibility index (Phi) is 2.13. The van der Waals surface area contributed by atoms with E-state index < -0.39 is 0 Å². The molecule has 2 heterocycles. The summed E-state index contributed by atoms with van der Waals surface area (Å²) in [5.74, 6) is 1.75. The molecule has 16 heavy (non-hydrogen) atoms. The van der Waals surface area contributed by atoms with E-state index in [0.717, 1.165) is 30.7 Å². The van der Waals surface area contributed by atoms with Gasteiger partial charge in [0.05, 0.1) is 11.0 Å². The fraction of sp³-hybridized carbons (Fsp3) is 0.462. The third kappa shape index (κ3) is 1.56. The molecule has 1 aromatic heterocycles. The number of nitrogens with one attached hydrogen (secondary N) is 2. The van der Waals surface area contributed by atoms with Crippen LogP contribution in [0.25, 0.3) is 11.0 Å². The Balaban J connectivity index is 2.05. The van der Waals surface area contributed by atoms with Crippen molar-refractivity contribution in [2.75, 3.05) is 11.9 Å². The van der Waals surface area contributed by atoms with Crippen molar-refractivity contribution in [2.45, 2.75) is 26.7 Å². The van der Waals surface area contributed by atoms with Crippen LogP contribution in [0, 0.1) is 5.92 Å². The molecular formula is C13H17N3. The van der Waals surface area contributed by atoms with Crippen molar-refractivity contribution in [3.8, 4) is 0 Å². The summed E-state index contributed by atoms with van der Waals surface area (Å²) in [6, 6.07) is 4.40. The number of fused-ring (bicyclic) bond motifs is 2. The van der Waals surface area contributed by atoms with Crippen molar-refractivity contribution in [2.24, 2.45) is 5.92 Å². The molecule has 1 aliphatic heterocycles. The standard InChI is InChI=1S/C13H17N3/c1-8(2)5-13-15-11-6-9-3-4-14-10(9)7-12(11)16-13/h6-8,14H,3-5H2,1-2H3,(H,15,16). The lowest BCUT2D eigenvalue weighted by atomic mass is 10.1. The zero-order valence-corrected chi connectivity index (χ0v) is 9.80. The predicted molar refractivity (Wildman–Crippen MR) is 66.8 cm³/mol. The Labute approximate surface area is 95.3 Å². The normalized spacial score (nSPS) is 14.4. The van der Waals surface area contributed by atoms with Gasteiger partial charge in [-0.15, -0.1) is 0 Å². The van der Waals surface area contributed by atoms with E-state index in [1.807, 2.05) is 0 Å². The second-order valence-electron chi connectivity index (χ2n) is 4.98. The highest BCUT2D eigenvalue weighted by atomic mass is 14.9. The van der Waals surface area contributed by atoms with Crippen LogP contribution in [0.15, 0.2) is 12.1 Å². The molecule has 84 valence electrons. The van der Waals surface area contributed by atoms with Crippen LogP contribution in [-0.2, 0) is 12.8 Å². The second-order valence-corrected chi connectivity index (χ2v) is 4.98. The van der Waals surface area contributed by atoms with Crippen LogP contribution in [0.2, 0.25) is 0 Å². The van der Waals surface area contributed by atoms with Crippen molar-refractivity contribution in [3.05, 3.63) is 23.5 Å². The first-order valence-electron chi connectivity index (χ1n) is 5.98. The average Bonchev–Trinajstić information content (AvgIpc) is 2.76. The zero-order chi connectivity index (χ0) is 11.1. The van der Waals surface area contributed by atoms with Crippen molar-refractivity contribution < 1.29 is 0 Å². The van der Waals surface area contributed by atoms with E-state index in [-0.39, 0.29) is 0 Å². The number of hydrogen-bond acceptors (Lipinski definition) is 2. The lowest BCUT2D eigenvalue weighted by Crippen LogP contribution is -1.95. The summed E-state index contributed by atoms with van der Waals surface area (Å²) >= 11 is 0. The lowest BCUT2D eigenvalue weighted by Gasteiger charge is -1.98. The van der Waals surface area contributed by atoms with Gasteiger partial charge in [-0.3, -0.25) is 0 Å². The largest absolute Gasteiger partial charge is 0.384 e. The molecule has 0 fully saturated rings. The number of hydrogen-bond donors (Lipinski definition) is 2. The molecule has 0 saturated carbocycles.